The molecule has 3 N–H and O–H groups in total. The molecule has 29 heavy (non-hydrogen) atoms. The highest BCUT2D eigenvalue weighted by molar-refractivity contribution is 6.32. The second-order valence-electron chi connectivity index (χ2n) is 7.01. The van der Waals surface area contributed by atoms with Crippen molar-refractivity contribution in [3.63, 3.8) is 0 Å². The molecule has 2 heterocycles. The molecule has 148 valence electrons. The molecule has 1 aromatic carbocycles. The number of aromatic amines is 1. The Balaban J connectivity index is 1.57. The number of nitrogens with zero attached hydrogens (tertiary/aromatic N) is 2. The number of pyridine rings is 1. The van der Waals surface area contributed by atoms with Crippen molar-refractivity contribution in [1.29, 1.82) is 0 Å². The van der Waals surface area contributed by atoms with Crippen LogP contribution in [0.25, 0.3) is 22.4 Å². The number of aromatic nitrogens is 3. The quantitative estimate of drug-likeness (QED) is 0.601. The van der Waals surface area contributed by atoms with Crippen LogP contribution in [-0.2, 0) is 4.79 Å². The van der Waals surface area contributed by atoms with Crippen LogP contribution in [0.4, 0.5) is 5.95 Å². The number of nitrogens with one attached hydrogen (secondary N) is 3. The molecule has 0 saturated heterocycles. The van der Waals surface area contributed by atoms with Gasteiger partial charge in [-0.25, -0.2) is 9.97 Å². The minimum atomic E-state index is -0.156. The SMILES string of the molecule is CNC(=O)[C@H]1C[C@H](Nc2ncc(Cl)c(-c3cccc(-c4ccc[nH]c4=O)c3)n2)C1. The van der Waals surface area contributed by atoms with Crippen LogP contribution in [0.5, 0.6) is 0 Å². The second-order valence-corrected chi connectivity index (χ2v) is 7.41. The summed E-state index contributed by atoms with van der Waals surface area (Å²) in [6.45, 7) is 0. The highest BCUT2D eigenvalue weighted by Gasteiger charge is 2.34. The molecule has 7 nitrogen and oxygen atoms in total. The van der Waals surface area contributed by atoms with Crippen LogP contribution in [-0.4, -0.2) is 33.9 Å². The maximum atomic E-state index is 12.1. The van der Waals surface area contributed by atoms with Crippen molar-refractivity contribution in [1.82, 2.24) is 20.3 Å². The number of halogens is 1. The van der Waals surface area contributed by atoms with Crippen LogP contribution in [0.3, 0.4) is 0 Å². The van der Waals surface area contributed by atoms with Crippen molar-refractivity contribution in [2.45, 2.75) is 18.9 Å². The largest absolute Gasteiger partial charge is 0.359 e. The summed E-state index contributed by atoms with van der Waals surface area (Å²) in [6, 6.07) is 11.2. The molecule has 1 amide bonds. The molecular weight excluding hydrogens is 390 g/mol. The van der Waals surface area contributed by atoms with Gasteiger partial charge in [0.15, 0.2) is 0 Å². The molecular formula is C21H20ClN5O2. The summed E-state index contributed by atoms with van der Waals surface area (Å²) in [4.78, 5) is 35.3. The normalized spacial score (nSPS) is 18.0. The number of hydrogen-bond acceptors (Lipinski definition) is 5. The van der Waals surface area contributed by atoms with Gasteiger partial charge in [-0.15, -0.1) is 0 Å². The zero-order valence-electron chi connectivity index (χ0n) is 15.8. The summed E-state index contributed by atoms with van der Waals surface area (Å²) in [5, 5.41) is 6.36. The van der Waals surface area contributed by atoms with E-state index in [9.17, 15) is 9.59 Å². The Kier molecular flexibility index (Phi) is 5.31. The number of carbonyl (C=O) groups is 1. The van der Waals surface area contributed by atoms with E-state index in [4.69, 9.17) is 11.6 Å². The minimum Gasteiger partial charge on any atom is -0.359 e. The molecule has 0 atom stereocenters. The fourth-order valence-electron chi connectivity index (χ4n) is 3.46. The average Bonchev–Trinajstić information content (AvgIpc) is 2.71. The molecule has 0 spiro atoms. The molecule has 4 rings (SSSR count). The first-order chi connectivity index (χ1) is 14.0. The Morgan fingerprint density at radius 2 is 2.00 bits per heavy atom. The minimum absolute atomic E-state index is 0.0323. The molecule has 1 saturated carbocycles. The summed E-state index contributed by atoms with van der Waals surface area (Å²) >= 11 is 6.35. The van der Waals surface area contributed by atoms with Crippen LogP contribution in [0.15, 0.2) is 53.6 Å². The molecule has 8 heteroatoms. The molecule has 2 aromatic heterocycles. The van der Waals surface area contributed by atoms with E-state index in [0.717, 1.165) is 24.0 Å². The molecule has 1 fully saturated rings. The fraction of sp³-hybridized carbons (Fsp3) is 0.238. The van der Waals surface area contributed by atoms with E-state index in [-0.39, 0.29) is 23.4 Å². The maximum Gasteiger partial charge on any atom is 0.255 e. The van der Waals surface area contributed by atoms with Gasteiger partial charge in [-0.1, -0.05) is 29.8 Å². The predicted octanol–water partition coefficient (Wildman–Crippen LogP) is 3.09. The van der Waals surface area contributed by atoms with Crippen LogP contribution in [0.2, 0.25) is 5.02 Å². The topological polar surface area (TPSA) is 99.8 Å². The average molecular weight is 410 g/mol. The van der Waals surface area contributed by atoms with Crippen molar-refractivity contribution in [2.24, 2.45) is 5.92 Å². The van der Waals surface area contributed by atoms with Gasteiger partial charge in [-0.2, -0.15) is 0 Å². The van der Waals surface area contributed by atoms with Gasteiger partial charge in [0.05, 0.1) is 16.9 Å². The number of rotatable bonds is 5. The summed E-state index contributed by atoms with van der Waals surface area (Å²) in [5.74, 6) is 0.561. The molecule has 0 unspecified atom stereocenters. The third kappa shape index (κ3) is 4.00. The predicted molar refractivity (Wildman–Crippen MR) is 113 cm³/mol. The van der Waals surface area contributed by atoms with E-state index >= 15 is 0 Å². The number of hydrogen-bond donors (Lipinski definition) is 3. The van der Waals surface area contributed by atoms with E-state index in [1.54, 1.807) is 31.6 Å². The lowest BCUT2D eigenvalue weighted by Crippen LogP contribution is -2.43. The molecule has 1 aliphatic rings. The lowest BCUT2D eigenvalue weighted by atomic mass is 9.80. The second kappa shape index (κ2) is 8.05. The van der Waals surface area contributed by atoms with Crippen molar-refractivity contribution in [3.05, 3.63) is 64.2 Å². The van der Waals surface area contributed by atoms with E-state index in [1.807, 2.05) is 24.3 Å². The van der Waals surface area contributed by atoms with Gasteiger partial charge in [0.2, 0.25) is 11.9 Å². The Morgan fingerprint density at radius 1 is 1.21 bits per heavy atom. The lowest BCUT2D eigenvalue weighted by molar-refractivity contribution is -0.127. The molecule has 1 aliphatic carbocycles. The Hall–Kier alpha value is -3.19. The number of anilines is 1. The van der Waals surface area contributed by atoms with E-state index in [0.29, 0.717) is 22.2 Å². The van der Waals surface area contributed by atoms with Crippen molar-refractivity contribution < 1.29 is 4.79 Å². The zero-order chi connectivity index (χ0) is 20.4. The standard InChI is InChI=1S/C21H20ClN5O2/c1-23-19(28)14-9-15(10-14)26-21-25-11-17(22)18(27-21)13-5-2-4-12(8-13)16-6-3-7-24-20(16)29/h2-8,11,14-15H,9-10H2,1H3,(H,23,28)(H,24,29)(H,25,26,27)/t14-,15-. The monoisotopic (exact) mass is 409 g/mol. The number of carbonyl (C=O) groups excluding carboxylic acids is 1. The summed E-state index contributed by atoms with van der Waals surface area (Å²) in [7, 11) is 1.65. The zero-order valence-corrected chi connectivity index (χ0v) is 16.5. The van der Waals surface area contributed by atoms with Gasteiger partial charge in [0.1, 0.15) is 0 Å². The summed E-state index contributed by atoms with van der Waals surface area (Å²) in [6.07, 6.45) is 4.65. The number of amides is 1. The maximum absolute atomic E-state index is 12.1. The van der Waals surface area contributed by atoms with Crippen LogP contribution in [0, 0.1) is 5.92 Å². The summed E-state index contributed by atoms with van der Waals surface area (Å²) < 4.78 is 0. The van der Waals surface area contributed by atoms with Gasteiger partial charge < -0.3 is 15.6 Å². The Morgan fingerprint density at radius 3 is 2.76 bits per heavy atom. The molecule has 0 aliphatic heterocycles. The highest BCUT2D eigenvalue weighted by atomic mass is 35.5. The van der Waals surface area contributed by atoms with Crippen molar-refractivity contribution in [3.8, 4) is 22.4 Å². The number of H-pyrrole nitrogens is 1. The first-order valence-electron chi connectivity index (χ1n) is 9.34. The molecule has 0 radical (unpaired) electrons. The first kappa shape index (κ1) is 19.1. The number of benzene rings is 1. The lowest BCUT2D eigenvalue weighted by Gasteiger charge is -2.34. The van der Waals surface area contributed by atoms with E-state index in [1.165, 1.54) is 0 Å². The van der Waals surface area contributed by atoms with E-state index < -0.39 is 0 Å². The van der Waals surface area contributed by atoms with Gasteiger partial charge in [-0.3, -0.25) is 9.59 Å². The molecule has 0 bridgehead atoms. The van der Waals surface area contributed by atoms with E-state index in [2.05, 4.69) is 25.6 Å². The highest BCUT2D eigenvalue weighted by Crippen LogP contribution is 2.32. The van der Waals surface area contributed by atoms with Crippen LogP contribution in [0.1, 0.15) is 12.8 Å². The van der Waals surface area contributed by atoms with Crippen molar-refractivity contribution >= 4 is 23.5 Å². The van der Waals surface area contributed by atoms with Gasteiger partial charge in [0.25, 0.3) is 5.56 Å². The van der Waals surface area contributed by atoms with Gasteiger partial charge in [-0.05, 0) is 36.6 Å². The van der Waals surface area contributed by atoms with Crippen molar-refractivity contribution in [2.75, 3.05) is 12.4 Å². The Bertz CT molecular complexity index is 1110. The van der Waals surface area contributed by atoms with Gasteiger partial charge >= 0.3 is 0 Å². The summed E-state index contributed by atoms with van der Waals surface area (Å²) in [5.41, 5.74) is 2.57. The van der Waals surface area contributed by atoms with Crippen LogP contribution < -0.4 is 16.2 Å². The third-order valence-corrected chi connectivity index (χ3v) is 5.37. The van der Waals surface area contributed by atoms with Crippen LogP contribution >= 0.6 is 11.6 Å². The third-order valence-electron chi connectivity index (χ3n) is 5.10. The first-order valence-corrected chi connectivity index (χ1v) is 9.72. The van der Waals surface area contributed by atoms with Gasteiger partial charge in [0, 0.05) is 36.3 Å². The smallest absolute Gasteiger partial charge is 0.255 e. The Labute approximate surface area is 172 Å². The fourth-order valence-corrected chi connectivity index (χ4v) is 3.66. The molecule has 3 aromatic rings.